The zero-order valence-electron chi connectivity index (χ0n) is 17.6. The van der Waals surface area contributed by atoms with Gasteiger partial charge < -0.3 is 4.42 Å². The highest BCUT2D eigenvalue weighted by atomic mass is 16.4. The van der Waals surface area contributed by atoms with Crippen molar-refractivity contribution < 1.29 is 4.42 Å². The summed E-state index contributed by atoms with van der Waals surface area (Å²) in [7, 11) is 0. The Kier molecular flexibility index (Phi) is 6.07. The van der Waals surface area contributed by atoms with Crippen LogP contribution in [0.2, 0.25) is 0 Å². The van der Waals surface area contributed by atoms with Gasteiger partial charge in [0.2, 0.25) is 11.8 Å². The number of aromatic nitrogens is 2. The third-order valence-electron chi connectivity index (χ3n) is 5.83. The van der Waals surface area contributed by atoms with E-state index in [1.807, 2.05) is 30.3 Å². The predicted molar refractivity (Wildman–Crippen MR) is 116 cm³/mol. The molecule has 0 spiro atoms. The normalized spacial score (nSPS) is 17.0. The first kappa shape index (κ1) is 19.8. The summed E-state index contributed by atoms with van der Waals surface area (Å²) in [6.45, 7) is 11.8. The van der Waals surface area contributed by atoms with Crippen molar-refractivity contribution in [2.24, 2.45) is 0 Å². The molecule has 0 saturated carbocycles. The quantitative estimate of drug-likeness (QED) is 0.608. The van der Waals surface area contributed by atoms with Crippen LogP contribution in [0.5, 0.6) is 0 Å². The van der Waals surface area contributed by atoms with Crippen molar-refractivity contribution in [2.75, 3.05) is 26.2 Å². The fraction of sp³-hybridized carbons (Fsp3) is 0.417. The molecule has 5 nitrogen and oxygen atoms in total. The Hall–Kier alpha value is -2.50. The minimum absolute atomic E-state index is 0.132. The molecular formula is C24H30N4O. The molecule has 5 heteroatoms. The first-order chi connectivity index (χ1) is 14.1. The van der Waals surface area contributed by atoms with Crippen LogP contribution in [0.4, 0.5) is 0 Å². The Morgan fingerprint density at radius 2 is 1.55 bits per heavy atom. The van der Waals surface area contributed by atoms with Gasteiger partial charge >= 0.3 is 0 Å². The summed E-state index contributed by atoms with van der Waals surface area (Å²) in [5.41, 5.74) is 3.76. The maximum Gasteiger partial charge on any atom is 0.247 e. The first-order valence-electron chi connectivity index (χ1n) is 10.5. The van der Waals surface area contributed by atoms with Crippen LogP contribution in [0, 0.1) is 0 Å². The van der Waals surface area contributed by atoms with E-state index in [0.717, 1.165) is 38.3 Å². The van der Waals surface area contributed by atoms with E-state index in [-0.39, 0.29) is 6.04 Å². The fourth-order valence-electron chi connectivity index (χ4n) is 3.83. The largest absolute Gasteiger partial charge is 0.419 e. The molecule has 0 bridgehead atoms. The van der Waals surface area contributed by atoms with Crippen LogP contribution in [-0.4, -0.2) is 46.2 Å². The Bertz CT molecular complexity index is 896. The average Bonchev–Trinajstić information content (AvgIpc) is 3.25. The molecule has 1 aromatic heterocycles. The second kappa shape index (κ2) is 8.89. The highest BCUT2D eigenvalue weighted by molar-refractivity contribution is 5.51. The van der Waals surface area contributed by atoms with Gasteiger partial charge in [-0.3, -0.25) is 9.80 Å². The highest BCUT2D eigenvalue weighted by Gasteiger charge is 2.25. The number of nitrogens with zero attached hydrogens (tertiary/aromatic N) is 4. The smallest absolute Gasteiger partial charge is 0.247 e. The summed E-state index contributed by atoms with van der Waals surface area (Å²) in [4.78, 5) is 4.96. The predicted octanol–water partition coefficient (Wildman–Crippen LogP) is 4.74. The van der Waals surface area contributed by atoms with Crippen molar-refractivity contribution in [3.63, 3.8) is 0 Å². The summed E-state index contributed by atoms with van der Waals surface area (Å²) in [5.74, 6) is 1.87. The topological polar surface area (TPSA) is 45.4 Å². The van der Waals surface area contributed by atoms with Gasteiger partial charge in [0.05, 0.1) is 6.04 Å². The second-order valence-corrected chi connectivity index (χ2v) is 8.20. The molecule has 1 atom stereocenters. The van der Waals surface area contributed by atoms with Crippen LogP contribution in [0.15, 0.2) is 59.0 Å². The highest BCUT2D eigenvalue weighted by Crippen LogP contribution is 2.25. The Labute approximate surface area is 173 Å². The molecule has 3 aromatic rings. The van der Waals surface area contributed by atoms with Gasteiger partial charge in [-0.25, -0.2) is 0 Å². The van der Waals surface area contributed by atoms with Gasteiger partial charge in [-0.1, -0.05) is 56.3 Å². The van der Waals surface area contributed by atoms with Crippen LogP contribution >= 0.6 is 0 Å². The van der Waals surface area contributed by atoms with Crippen molar-refractivity contribution in [3.05, 3.63) is 71.6 Å². The lowest BCUT2D eigenvalue weighted by molar-refractivity contribution is 0.0876. The van der Waals surface area contributed by atoms with Gasteiger partial charge in [-0.2, -0.15) is 0 Å². The third-order valence-corrected chi connectivity index (χ3v) is 5.83. The average molecular weight is 391 g/mol. The number of rotatable bonds is 6. The summed E-state index contributed by atoms with van der Waals surface area (Å²) < 4.78 is 5.96. The van der Waals surface area contributed by atoms with Crippen molar-refractivity contribution in [1.82, 2.24) is 20.0 Å². The van der Waals surface area contributed by atoms with E-state index in [2.05, 4.69) is 65.0 Å². The van der Waals surface area contributed by atoms with Gasteiger partial charge in [0, 0.05) is 38.3 Å². The van der Waals surface area contributed by atoms with Crippen molar-refractivity contribution in [3.8, 4) is 11.5 Å². The first-order valence-corrected chi connectivity index (χ1v) is 10.5. The SMILES string of the molecule is CC(C)c1ccc(CN2CCN([C@@H](C)c3nnc(-c4ccccc4)o3)CC2)cc1. The van der Waals surface area contributed by atoms with E-state index in [1.165, 1.54) is 11.1 Å². The van der Waals surface area contributed by atoms with Crippen LogP contribution in [0.25, 0.3) is 11.5 Å². The number of benzene rings is 2. The molecule has 0 aliphatic carbocycles. The number of hydrogen-bond acceptors (Lipinski definition) is 5. The summed E-state index contributed by atoms with van der Waals surface area (Å²) in [6, 6.07) is 19.1. The van der Waals surface area contributed by atoms with Crippen molar-refractivity contribution >= 4 is 0 Å². The van der Waals surface area contributed by atoms with Crippen LogP contribution in [0.3, 0.4) is 0 Å². The monoisotopic (exact) mass is 390 g/mol. The van der Waals surface area contributed by atoms with E-state index in [4.69, 9.17) is 4.42 Å². The van der Waals surface area contributed by atoms with Crippen LogP contribution in [0.1, 0.15) is 49.7 Å². The summed E-state index contributed by atoms with van der Waals surface area (Å²) >= 11 is 0. The molecular weight excluding hydrogens is 360 g/mol. The molecule has 2 aromatic carbocycles. The van der Waals surface area contributed by atoms with Gasteiger partial charge in [-0.05, 0) is 36.1 Å². The molecule has 0 radical (unpaired) electrons. The zero-order chi connectivity index (χ0) is 20.2. The lowest BCUT2D eigenvalue weighted by Gasteiger charge is -2.36. The molecule has 0 amide bonds. The van der Waals surface area contributed by atoms with Crippen LogP contribution < -0.4 is 0 Å². The van der Waals surface area contributed by atoms with Crippen molar-refractivity contribution in [2.45, 2.75) is 39.3 Å². The molecule has 0 unspecified atom stereocenters. The molecule has 1 saturated heterocycles. The van der Waals surface area contributed by atoms with Gasteiger partial charge in [0.25, 0.3) is 0 Å². The van der Waals surface area contributed by atoms with E-state index in [9.17, 15) is 0 Å². The summed E-state index contributed by atoms with van der Waals surface area (Å²) in [5, 5.41) is 8.54. The third kappa shape index (κ3) is 4.74. The second-order valence-electron chi connectivity index (χ2n) is 8.20. The van der Waals surface area contributed by atoms with Gasteiger partial charge in [-0.15, -0.1) is 10.2 Å². The van der Waals surface area contributed by atoms with E-state index in [0.29, 0.717) is 17.7 Å². The molecule has 1 aliphatic rings. The van der Waals surface area contributed by atoms with Gasteiger partial charge in [0.1, 0.15) is 0 Å². The Morgan fingerprint density at radius 1 is 0.862 bits per heavy atom. The maximum atomic E-state index is 5.96. The maximum absolute atomic E-state index is 5.96. The van der Waals surface area contributed by atoms with E-state index in [1.54, 1.807) is 0 Å². The van der Waals surface area contributed by atoms with Crippen LogP contribution in [-0.2, 0) is 6.54 Å². The fourth-order valence-corrected chi connectivity index (χ4v) is 3.83. The Balaban J connectivity index is 1.32. The standard InChI is InChI=1S/C24H30N4O/c1-18(2)21-11-9-20(10-12-21)17-27-13-15-28(16-14-27)19(3)23-25-26-24(29-23)22-7-5-4-6-8-22/h4-12,18-19H,13-17H2,1-3H3/t19-/m0/s1. The Morgan fingerprint density at radius 3 is 2.21 bits per heavy atom. The minimum atomic E-state index is 0.132. The molecule has 0 N–H and O–H groups in total. The van der Waals surface area contributed by atoms with Gasteiger partial charge in [0.15, 0.2) is 0 Å². The summed E-state index contributed by atoms with van der Waals surface area (Å²) in [6.07, 6.45) is 0. The van der Waals surface area contributed by atoms with E-state index >= 15 is 0 Å². The lowest BCUT2D eigenvalue weighted by atomic mass is 10.0. The zero-order valence-corrected chi connectivity index (χ0v) is 17.6. The van der Waals surface area contributed by atoms with Crippen molar-refractivity contribution in [1.29, 1.82) is 0 Å². The molecule has 152 valence electrons. The molecule has 2 heterocycles. The number of piperazine rings is 1. The number of hydrogen-bond donors (Lipinski definition) is 0. The molecule has 1 fully saturated rings. The molecule has 29 heavy (non-hydrogen) atoms. The lowest BCUT2D eigenvalue weighted by Crippen LogP contribution is -2.46. The minimum Gasteiger partial charge on any atom is -0.419 e. The van der Waals surface area contributed by atoms with E-state index < -0.39 is 0 Å². The molecule has 1 aliphatic heterocycles. The molecule has 4 rings (SSSR count).